The lowest BCUT2D eigenvalue weighted by Crippen LogP contribution is -2.26. The van der Waals surface area contributed by atoms with Crippen molar-refractivity contribution < 1.29 is 9.47 Å². The van der Waals surface area contributed by atoms with Gasteiger partial charge in [-0.3, -0.25) is 0 Å². The Hall–Kier alpha value is -2.21. The molecule has 5 nitrogen and oxygen atoms in total. The second kappa shape index (κ2) is 4.96. The van der Waals surface area contributed by atoms with E-state index >= 15 is 0 Å². The molecule has 0 atom stereocenters. The topological polar surface area (TPSA) is 62.0 Å². The van der Waals surface area contributed by atoms with Crippen LogP contribution in [0.4, 0.5) is 0 Å². The number of thiophene rings is 1. The highest BCUT2D eigenvalue weighted by atomic mass is 32.1. The van der Waals surface area contributed by atoms with Crippen LogP contribution in [0.1, 0.15) is 23.3 Å². The number of fused-ring (bicyclic) bond motifs is 3. The van der Waals surface area contributed by atoms with E-state index in [2.05, 4.69) is 9.97 Å². The molecule has 0 radical (unpaired) electrons. The molecule has 0 bridgehead atoms. The number of aromatic nitrogens is 3. The average Bonchev–Trinajstić information content (AvgIpc) is 2.89. The van der Waals surface area contributed by atoms with Gasteiger partial charge in [-0.1, -0.05) is 0 Å². The van der Waals surface area contributed by atoms with Gasteiger partial charge in [0, 0.05) is 10.9 Å². The molecule has 0 fully saturated rings. The molecule has 4 rings (SSSR count). The summed E-state index contributed by atoms with van der Waals surface area (Å²) in [6.07, 6.45) is 7.45. The van der Waals surface area contributed by atoms with Gasteiger partial charge in [-0.05, 0) is 37.3 Å². The minimum absolute atomic E-state index is 0.230. The lowest BCUT2D eigenvalue weighted by atomic mass is 9.97. The molecule has 1 aliphatic carbocycles. The number of nitrogens with zero attached hydrogens (tertiary/aromatic N) is 3. The first kappa shape index (κ1) is 12.5. The van der Waals surface area contributed by atoms with Gasteiger partial charge in [-0.2, -0.15) is 0 Å². The number of pyridine rings is 1. The monoisotopic (exact) mass is 299 g/mol. The molecule has 0 spiro atoms. The van der Waals surface area contributed by atoms with Crippen molar-refractivity contribution in [3.05, 3.63) is 46.4 Å². The Bertz CT molecular complexity index is 816. The molecule has 0 unspecified atom stereocenters. The first-order valence-corrected chi connectivity index (χ1v) is 7.76. The van der Waals surface area contributed by atoms with E-state index in [1.165, 1.54) is 35.8 Å². The Morgan fingerprint density at radius 1 is 1.19 bits per heavy atom. The van der Waals surface area contributed by atoms with E-state index in [9.17, 15) is 5.21 Å². The molecule has 0 aliphatic heterocycles. The zero-order valence-corrected chi connectivity index (χ0v) is 12.1. The molecule has 3 aromatic rings. The smallest absolute Gasteiger partial charge is 0.386 e. The normalized spacial score (nSPS) is 14.1. The highest BCUT2D eigenvalue weighted by Crippen LogP contribution is 2.39. The molecule has 0 amide bonds. The summed E-state index contributed by atoms with van der Waals surface area (Å²) in [5.74, 6) is 0.712. The van der Waals surface area contributed by atoms with Gasteiger partial charge in [0.15, 0.2) is 6.20 Å². The molecule has 6 heteroatoms. The molecular formula is C15H13N3O2S. The van der Waals surface area contributed by atoms with Crippen molar-refractivity contribution in [1.29, 1.82) is 0 Å². The first-order valence-electron chi connectivity index (χ1n) is 6.94. The molecular weight excluding hydrogens is 286 g/mol. The molecule has 3 aromatic heterocycles. The third kappa shape index (κ3) is 2.12. The predicted octanol–water partition coefficient (Wildman–Crippen LogP) is 3.00. The summed E-state index contributed by atoms with van der Waals surface area (Å²) in [5.41, 5.74) is 1.30. The molecule has 106 valence electrons. The third-order valence-corrected chi connectivity index (χ3v) is 4.91. The fourth-order valence-corrected chi connectivity index (χ4v) is 3.95. The molecule has 0 saturated heterocycles. The van der Waals surface area contributed by atoms with Gasteiger partial charge in [0.1, 0.15) is 11.2 Å². The number of rotatable bonds is 2. The van der Waals surface area contributed by atoms with Gasteiger partial charge in [0.25, 0.3) is 0 Å². The second-order valence-electron chi connectivity index (χ2n) is 5.04. The summed E-state index contributed by atoms with van der Waals surface area (Å²) in [6, 6.07) is 5.08. The molecule has 0 saturated carbocycles. The predicted molar refractivity (Wildman–Crippen MR) is 79.5 cm³/mol. The Morgan fingerprint density at radius 2 is 2.10 bits per heavy atom. The number of ether oxygens (including phenoxy) is 1. The third-order valence-electron chi connectivity index (χ3n) is 3.71. The van der Waals surface area contributed by atoms with Gasteiger partial charge >= 0.3 is 5.88 Å². The molecule has 3 heterocycles. The van der Waals surface area contributed by atoms with E-state index in [1.54, 1.807) is 29.5 Å². The summed E-state index contributed by atoms with van der Waals surface area (Å²) >= 11 is 1.71. The van der Waals surface area contributed by atoms with Gasteiger partial charge < -0.3 is 9.94 Å². The van der Waals surface area contributed by atoms with Crippen LogP contribution >= 0.6 is 11.3 Å². The van der Waals surface area contributed by atoms with Crippen LogP contribution in [0, 0.1) is 5.21 Å². The fraction of sp³-hybridized carbons (Fsp3) is 0.267. The van der Waals surface area contributed by atoms with Gasteiger partial charge in [-0.25, -0.2) is 9.97 Å². The standard InChI is InChI=1S/C15H13N3O2S/c19-18-8-4-3-7-12(18)20-14-13-10-5-1-2-6-11(10)21-15(13)17-9-16-14/h3-4,7-9H,1-2,5-6H2. The zero-order valence-electron chi connectivity index (χ0n) is 11.3. The minimum Gasteiger partial charge on any atom is -0.616 e. The van der Waals surface area contributed by atoms with E-state index in [-0.39, 0.29) is 5.88 Å². The number of hydrogen-bond donors (Lipinski definition) is 0. The molecule has 1 aliphatic rings. The van der Waals surface area contributed by atoms with Crippen molar-refractivity contribution in [1.82, 2.24) is 9.97 Å². The maximum Gasteiger partial charge on any atom is 0.386 e. The van der Waals surface area contributed by atoms with E-state index in [0.717, 1.165) is 23.1 Å². The van der Waals surface area contributed by atoms with Crippen LogP contribution < -0.4 is 9.47 Å². The quantitative estimate of drug-likeness (QED) is 0.539. The van der Waals surface area contributed by atoms with Gasteiger partial charge in [0.2, 0.25) is 5.88 Å². The zero-order chi connectivity index (χ0) is 14.2. The van der Waals surface area contributed by atoms with Crippen LogP contribution in [0.15, 0.2) is 30.7 Å². The van der Waals surface area contributed by atoms with Crippen molar-refractivity contribution in [3.63, 3.8) is 0 Å². The SMILES string of the molecule is [O-][n+]1ccccc1Oc1ncnc2sc3c(c12)CCCC3. The Kier molecular flexibility index (Phi) is 2.96. The highest BCUT2D eigenvalue weighted by Gasteiger charge is 2.22. The summed E-state index contributed by atoms with van der Waals surface area (Å²) in [6.45, 7) is 0. The molecule has 0 N–H and O–H groups in total. The van der Waals surface area contributed by atoms with Crippen LogP contribution in [0.5, 0.6) is 11.8 Å². The van der Waals surface area contributed by atoms with Crippen LogP contribution in [0.3, 0.4) is 0 Å². The average molecular weight is 299 g/mol. The van der Waals surface area contributed by atoms with Gasteiger partial charge in [0.05, 0.1) is 11.5 Å². The maximum absolute atomic E-state index is 11.7. The second-order valence-corrected chi connectivity index (χ2v) is 6.12. The molecule has 21 heavy (non-hydrogen) atoms. The Labute approximate surface area is 125 Å². The Balaban J connectivity index is 1.85. The van der Waals surface area contributed by atoms with Crippen molar-refractivity contribution >= 4 is 21.6 Å². The van der Waals surface area contributed by atoms with Crippen LogP contribution in [0.2, 0.25) is 0 Å². The minimum atomic E-state index is 0.230. The summed E-state index contributed by atoms with van der Waals surface area (Å²) < 4.78 is 6.45. The lowest BCUT2D eigenvalue weighted by Gasteiger charge is -2.11. The maximum atomic E-state index is 11.7. The first-order chi connectivity index (χ1) is 10.3. The molecule has 0 aromatic carbocycles. The Morgan fingerprint density at radius 3 is 3.00 bits per heavy atom. The van der Waals surface area contributed by atoms with Crippen LogP contribution in [-0.2, 0) is 12.8 Å². The number of aryl methyl sites for hydroxylation is 2. The van der Waals surface area contributed by atoms with Crippen LogP contribution in [0.25, 0.3) is 10.2 Å². The largest absolute Gasteiger partial charge is 0.616 e. The fourth-order valence-electron chi connectivity index (χ4n) is 2.73. The van der Waals surface area contributed by atoms with E-state index in [0.29, 0.717) is 10.6 Å². The summed E-state index contributed by atoms with van der Waals surface area (Å²) in [5, 5.41) is 12.7. The van der Waals surface area contributed by atoms with E-state index in [1.807, 2.05) is 0 Å². The van der Waals surface area contributed by atoms with Crippen LogP contribution in [-0.4, -0.2) is 9.97 Å². The lowest BCUT2D eigenvalue weighted by molar-refractivity contribution is -0.611. The van der Waals surface area contributed by atoms with Gasteiger partial charge in [-0.15, -0.1) is 16.1 Å². The highest BCUT2D eigenvalue weighted by molar-refractivity contribution is 7.18. The van der Waals surface area contributed by atoms with Crippen molar-refractivity contribution in [3.8, 4) is 11.8 Å². The summed E-state index contributed by atoms with van der Waals surface area (Å²) in [4.78, 5) is 10.9. The number of hydrogen-bond acceptors (Lipinski definition) is 5. The van der Waals surface area contributed by atoms with E-state index < -0.39 is 0 Å². The van der Waals surface area contributed by atoms with Crippen molar-refractivity contribution in [2.75, 3.05) is 0 Å². The van der Waals surface area contributed by atoms with Crippen molar-refractivity contribution in [2.45, 2.75) is 25.7 Å². The van der Waals surface area contributed by atoms with E-state index in [4.69, 9.17) is 4.74 Å². The summed E-state index contributed by atoms with van der Waals surface area (Å²) in [7, 11) is 0. The van der Waals surface area contributed by atoms with Crippen molar-refractivity contribution in [2.24, 2.45) is 0 Å².